The van der Waals surface area contributed by atoms with Crippen LogP contribution in [-0.2, 0) is 6.54 Å². The van der Waals surface area contributed by atoms with Crippen LogP contribution in [-0.4, -0.2) is 24.1 Å². The molecule has 0 spiro atoms. The summed E-state index contributed by atoms with van der Waals surface area (Å²) in [7, 11) is 0. The molecule has 1 aliphatic rings. The molecule has 1 fully saturated rings. The number of pyridine rings is 1. The third-order valence-electron chi connectivity index (χ3n) is 3.90. The highest BCUT2D eigenvalue weighted by molar-refractivity contribution is 6.32. The molecule has 0 radical (unpaired) electrons. The lowest BCUT2D eigenvalue weighted by Crippen LogP contribution is -2.32. The molecule has 5 heteroatoms. The molecule has 2 aromatic rings. The summed E-state index contributed by atoms with van der Waals surface area (Å²) < 4.78 is 0. The maximum Gasteiger partial charge on any atom is 0.147 e. The van der Waals surface area contributed by atoms with E-state index in [1.165, 1.54) is 5.56 Å². The van der Waals surface area contributed by atoms with E-state index >= 15 is 0 Å². The Balaban J connectivity index is 1.55. The first kappa shape index (κ1) is 14.8. The fraction of sp³-hybridized carbons (Fsp3) is 0.294. The van der Waals surface area contributed by atoms with Crippen molar-refractivity contribution in [2.75, 3.05) is 18.0 Å². The van der Waals surface area contributed by atoms with Crippen LogP contribution in [0.3, 0.4) is 0 Å². The maximum atomic E-state index is 8.80. The zero-order chi connectivity index (χ0) is 15.4. The quantitative estimate of drug-likeness (QED) is 0.943. The number of nitriles is 1. The fourth-order valence-corrected chi connectivity index (χ4v) is 2.93. The van der Waals surface area contributed by atoms with Crippen molar-refractivity contribution in [2.24, 2.45) is 0 Å². The number of hydrogen-bond donors (Lipinski definition) is 1. The molecule has 3 rings (SSSR count). The Hall–Kier alpha value is -2.09. The minimum Gasteiger partial charge on any atom is -0.354 e. The molecule has 0 saturated carbocycles. The average Bonchev–Trinajstić information content (AvgIpc) is 3.02. The zero-order valence-electron chi connectivity index (χ0n) is 12.2. The summed E-state index contributed by atoms with van der Waals surface area (Å²) in [6.45, 7) is 2.68. The summed E-state index contributed by atoms with van der Waals surface area (Å²) >= 11 is 6.20. The van der Waals surface area contributed by atoms with Crippen molar-refractivity contribution in [2.45, 2.75) is 19.0 Å². The highest BCUT2D eigenvalue weighted by atomic mass is 35.5. The van der Waals surface area contributed by atoms with Gasteiger partial charge >= 0.3 is 0 Å². The standard InChI is InChI=1S/C17H17ClN4/c18-16-2-1-8-20-17(16)22-9-7-15(12-22)21-11-14-5-3-13(10-19)4-6-14/h1-6,8,15,21H,7,9,11-12H2. The molecule has 4 nitrogen and oxygen atoms in total. The average molecular weight is 313 g/mol. The van der Waals surface area contributed by atoms with E-state index in [0.29, 0.717) is 16.6 Å². The lowest BCUT2D eigenvalue weighted by Gasteiger charge is -2.19. The number of hydrogen-bond acceptors (Lipinski definition) is 4. The SMILES string of the molecule is N#Cc1ccc(CNC2CCN(c3ncccc3Cl)C2)cc1. The van der Waals surface area contributed by atoms with E-state index in [0.717, 1.165) is 31.9 Å². The van der Waals surface area contributed by atoms with Crippen LogP contribution in [0.2, 0.25) is 5.02 Å². The molecular weight excluding hydrogens is 296 g/mol. The second-order valence-electron chi connectivity index (χ2n) is 5.43. The highest BCUT2D eigenvalue weighted by Gasteiger charge is 2.24. The molecule has 0 amide bonds. The van der Waals surface area contributed by atoms with Gasteiger partial charge in [-0.3, -0.25) is 0 Å². The highest BCUT2D eigenvalue weighted by Crippen LogP contribution is 2.25. The van der Waals surface area contributed by atoms with E-state index in [9.17, 15) is 0 Å². The van der Waals surface area contributed by atoms with Crippen LogP contribution >= 0.6 is 11.6 Å². The molecule has 1 saturated heterocycles. The fourth-order valence-electron chi connectivity index (χ4n) is 2.69. The van der Waals surface area contributed by atoms with Crippen molar-refractivity contribution in [3.63, 3.8) is 0 Å². The van der Waals surface area contributed by atoms with E-state index in [1.807, 2.05) is 36.4 Å². The van der Waals surface area contributed by atoms with Crippen LogP contribution in [0.1, 0.15) is 17.5 Å². The van der Waals surface area contributed by atoms with Crippen molar-refractivity contribution < 1.29 is 0 Å². The molecular formula is C17H17ClN4. The smallest absolute Gasteiger partial charge is 0.147 e. The largest absolute Gasteiger partial charge is 0.354 e. The van der Waals surface area contributed by atoms with Crippen molar-refractivity contribution in [1.29, 1.82) is 5.26 Å². The monoisotopic (exact) mass is 312 g/mol. The van der Waals surface area contributed by atoms with E-state index in [4.69, 9.17) is 16.9 Å². The van der Waals surface area contributed by atoms with Gasteiger partial charge in [-0.2, -0.15) is 5.26 Å². The van der Waals surface area contributed by atoms with Crippen molar-refractivity contribution in [1.82, 2.24) is 10.3 Å². The van der Waals surface area contributed by atoms with Gasteiger partial charge in [0.1, 0.15) is 5.82 Å². The summed E-state index contributed by atoms with van der Waals surface area (Å²) in [6, 6.07) is 14.0. The molecule has 1 atom stereocenters. The number of nitrogens with zero attached hydrogens (tertiary/aromatic N) is 3. The van der Waals surface area contributed by atoms with Crippen LogP contribution in [0.15, 0.2) is 42.6 Å². The molecule has 1 N–H and O–H groups in total. The molecule has 0 aliphatic carbocycles. The molecule has 0 bridgehead atoms. The Morgan fingerprint density at radius 2 is 2.14 bits per heavy atom. The Labute approximate surface area is 135 Å². The van der Waals surface area contributed by atoms with E-state index in [2.05, 4.69) is 21.3 Å². The molecule has 1 unspecified atom stereocenters. The van der Waals surface area contributed by atoms with Gasteiger partial charge in [0.05, 0.1) is 16.7 Å². The van der Waals surface area contributed by atoms with Crippen molar-refractivity contribution >= 4 is 17.4 Å². The zero-order valence-corrected chi connectivity index (χ0v) is 12.9. The molecule has 1 aromatic carbocycles. The Morgan fingerprint density at radius 3 is 2.86 bits per heavy atom. The van der Waals surface area contributed by atoms with Crippen LogP contribution in [0.4, 0.5) is 5.82 Å². The topological polar surface area (TPSA) is 52.0 Å². The lowest BCUT2D eigenvalue weighted by molar-refractivity contribution is 0.551. The number of nitrogens with one attached hydrogen (secondary N) is 1. The van der Waals surface area contributed by atoms with Crippen LogP contribution < -0.4 is 10.2 Å². The Kier molecular flexibility index (Phi) is 4.57. The van der Waals surface area contributed by atoms with Gasteiger partial charge in [0.15, 0.2) is 0 Å². The first-order valence-corrected chi connectivity index (χ1v) is 7.72. The summed E-state index contributed by atoms with van der Waals surface area (Å²) in [5.74, 6) is 0.867. The lowest BCUT2D eigenvalue weighted by atomic mass is 10.1. The van der Waals surface area contributed by atoms with Gasteiger partial charge in [0, 0.05) is 31.9 Å². The maximum absolute atomic E-state index is 8.80. The van der Waals surface area contributed by atoms with Gasteiger partial charge in [-0.05, 0) is 36.2 Å². The molecule has 1 aromatic heterocycles. The van der Waals surface area contributed by atoms with Crippen LogP contribution in [0.25, 0.3) is 0 Å². The van der Waals surface area contributed by atoms with E-state index in [1.54, 1.807) is 6.20 Å². The normalized spacial score (nSPS) is 17.5. The van der Waals surface area contributed by atoms with Gasteiger partial charge < -0.3 is 10.2 Å². The molecule has 22 heavy (non-hydrogen) atoms. The Morgan fingerprint density at radius 1 is 1.32 bits per heavy atom. The van der Waals surface area contributed by atoms with Crippen molar-refractivity contribution in [3.8, 4) is 6.07 Å². The second-order valence-corrected chi connectivity index (χ2v) is 5.84. The van der Waals surface area contributed by atoms with Gasteiger partial charge in [-0.1, -0.05) is 23.7 Å². The minimum absolute atomic E-state index is 0.425. The predicted molar refractivity (Wildman–Crippen MR) is 87.9 cm³/mol. The van der Waals surface area contributed by atoms with Gasteiger partial charge in [-0.25, -0.2) is 4.98 Å². The minimum atomic E-state index is 0.425. The number of rotatable bonds is 4. The third kappa shape index (κ3) is 3.38. The summed E-state index contributed by atoms with van der Waals surface area (Å²) in [5.41, 5.74) is 1.88. The summed E-state index contributed by atoms with van der Waals surface area (Å²) in [5, 5.41) is 13.1. The van der Waals surface area contributed by atoms with Gasteiger partial charge in [0.2, 0.25) is 0 Å². The van der Waals surface area contributed by atoms with Crippen LogP contribution in [0.5, 0.6) is 0 Å². The van der Waals surface area contributed by atoms with E-state index in [-0.39, 0.29) is 0 Å². The number of anilines is 1. The third-order valence-corrected chi connectivity index (χ3v) is 4.20. The predicted octanol–water partition coefficient (Wildman–Crippen LogP) is 2.98. The molecule has 1 aliphatic heterocycles. The van der Waals surface area contributed by atoms with Gasteiger partial charge in [0.25, 0.3) is 0 Å². The molecule has 2 heterocycles. The summed E-state index contributed by atoms with van der Waals surface area (Å²) in [6.07, 6.45) is 2.85. The number of aromatic nitrogens is 1. The molecule has 112 valence electrons. The second kappa shape index (κ2) is 6.78. The van der Waals surface area contributed by atoms with Crippen LogP contribution in [0, 0.1) is 11.3 Å². The number of benzene rings is 1. The first-order valence-electron chi connectivity index (χ1n) is 7.34. The van der Waals surface area contributed by atoms with Crippen molar-refractivity contribution in [3.05, 3.63) is 58.7 Å². The number of halogens is 1. The van der Waals surface area contributed by atoms with Gasteiger partial charge in [-0.15, -0.1) is 0 Å². The summed E-state index contributed by atoms with van der Waals surface area (Å²) in [4.78, 5) is 6.59. The van der Waals surface area contributed by atoms with E-state index < -0.39 is 0 Å². The Bertz CT molecular complexity index is 678. The first-order chi connectivity index (χ1) is 10.8.